The van der Waals surface area contributed by atoms with E-state index in [1.54, 1.807) is 7.11 Å². The van der Waals surface area contributed by atoms with E-state index in [1.807, 2.05) is 61.5 Å². The quantitative estimate of drug-likeness (QED) is 0.594. The minimum absolute atomic E-state index is 0.236. The van der Waals surface area contributed by atoms with Crippen LogP contribution in [0.2, 0.25) is 0 Å². The largest absolute Gasteiger partial charge is 0.497 e. The molecule has 0 aliphatic rings. The summed E-state index contributed by atoms with van der Waals surface area (Å²) in [4.78, 5) is 13.3. The molecule has 0 aliphatic carbocycles. The molecule has 3 nitrogen and oxygen atoms in total. The maximum Gasteiger partial charge on any atom is 0.323 e. The number of esters is 1. The minimum Gasteiger partial charge on any atom is -0.497 e. The molecule has 2 aromatic carbocycles. The second-order valence-corrected chi connectivity index (χ2v) is 5.52. The van der Waals surface area contributed by atoms with Crippen molar-refractivity contribution in [3.63, 3.8) is 0 Å². The molecule has 0 fully saturated rings. The molecule has 0 bridgehead atoms. The summed E-state index contributed by atoms with van der Waals surface area (Å²) in [6.45, 7) is 2.18. The summed E-state index contributed by atoms with van der Waals surface area (Å²) >= 11 is 1.48. The summed E-state index contributed by atoms with van der Waals surface area (Å²) in [6, 6.07) is 17.4. The molecular weight excluding hydrogens is 284 g/mol. The first kappa shape index (κ1) is 15.4. The van der Waals surface area contributed by atoms with E-state index in [2.05, 4.69) is 0 Å². The van der Waals surface area contributed by atoms with Gasteiger partial charge in [0.05, 0.1) is 13.7 Å². The van der Waals surface area contributed by atoms with Gasteiger partial charge in [0.25, 0.3) is 0 Å². The van der Waals surface area contributed by atoms with Gasteiger partial charge in [0.2, 0.25) is 0 Å². The number of carbonyl (C=O) groups excluding carboxylic acids is 1. The zero-order valence-electron chi connectivity index (χ0n) is 12.1. The minimum atomic E-state index is -0.401. The number of rotatable bonds is 6. The van der Waals surface area contributed by atoms with Crippen LogP contribution in [-0.2, 0) is 9.53 Å². The fourth-order valence-electron chi connectivity index (χ4n) is 1.91. The second-order valence-electron chi connectivity index (χ2n) is 4.34. The van der Waals surface area contributed by atoms with Crippen LogP contribution < -0.4 is 4.74 Å². The molecule has 2 rings (SSSR count). The molecule has 0 heterocycles. The molecule has 0 aliphatic heterocycles. The maximum atomic E-state index is 12.3. The van der Waals surface area contributed by atoms with Gasteiger partial charge in [0, 0.05) is 4.90 Å². The molecule has 0 N–H and O–H groups in total. The van der Waals surface area contributed by atoms with Gasteiger partial charge in [-0.2, -0.15) is 0 Å². The van der Waals surface area contributed by atoms with Crippen LogP contribution in [0.15, 0.2) is 59.5 Å². The van der Waals surface area contributed by atoms with Crippen molar-refractivity contribution < 1.29 is 14.3 Å². The fourth-order valence-corrected chi connectivity index (χ4v) is 2.94. The molecule has 1 unspecified atom stereocenters. The Balaban J connectivity index is 2.28. The van der Waals surface area contributed by atoms with Gasteiger partial charge in [-0.3, -0.25) is 4.79 Å². The van der Waals surface area contributed by atoms with Crippen LogP contribution in [0.1, 0.15) is 17.7 Å². The van der Waals surface area contributed by atoms with Crippen molar-refractivity contribution in [3.8, 4) is 5.75 Å². The van der Waals surface area contributed by atoms with Gasteiger partial charge in [-0.05, 0) is 36.8 Å². The Kier molecular flexibility index (Phi) is 5.69. The van der Waals surface area contributed by atoms with Crippen LogP contribution in [0.5, 0.6) is 5.75 Å². The van der Waals surface area contributed by atoms with Crippen molar-refractivity contribution in [3.05, 3.63) is 60.2 Å². The van der Waals surface area contributed by atoms with Gasteiger partial charge in [-0.15, -0.1) is 11.8 Å². The molecule has 0 aromatic heterocycles. The predicted octanol–water partition coefficient (Wildman–Crippen LogP) is 4.09. The zero-order chi connectivity index (χ0) is 15.1. The smallest absolute Gasteiger partial charge is 0.323 e. The van der Waals surface area contributed by atoms with Crippen molar-refractivity contribution in [2.75, 3.05) is 13.7 Å². The molecule has 4 heteroatoms. The summed E-state index contributed by atoms with van der Waals surface area (Å²) < 4.78 is 10.4. The van der Waals surface area contributed by atoms with Crippen molar-refractivity contribution in [2.45, 2.75) is 17.1 Å². The van der Waals surface area contributed by atoms with E-state index in [9.17, 15) is 4.79 Å². The highest BCUT2D eigenvalue weighted by Gasteiger charge is 2.23. The van der Waals surface area contributed by atoms with E-state index in [0.717, 1.165) is 16.2 Å². The lowest BCUT2D eigenvalue weighted by Gasteiger charge is -2.16. The topological polar surface area (TPSA) is 35.5 Å². The Hall–Kier alpha value is -1.94. The Bertz CT molecular complexity index is 584. The predicted molar refractivity (Wildman–Crippen MR) is 84.7 cm³/mol. The Labute approximate surface area is 129 Å². The van der Waals surface area contributed by atoms with Crippen LogP contribution in [-0.4, -0.2) is 19.7 Å². The van der Waals surface area contributed by atoms with Gasteiger partial charge >= 0.3 is 5.97 Å². The van der Waals surface area contributed by atoms with Crippen molar-refractivity contribution in [1.29, 1.82) is 0 Å². The number of methoxy groups -OCH3 is 1. The van der Waals surface area contributed by atoms with Crippen molar-refractivity contribution in [1.82, 2.24) is 0 Å². The zero-order valence-corrected chi connectivity index (χ0v) is 12.9. The molecular formula is C17H18O3S. The third-order valence-corrected chi connectivity index (χ3v) is 4.14. The van der Waals surface area contributed by atoms with Crippen molar-refractivity contribution in [2.24, 2.45) is 0 Å². The van der Waals surface area contributed by atoms with Crippen LogP contribution in [0.25, 0.3) is 0 Å². The van der Waals surface area contributed by atoms with Crippen LogP contribution in [0.4, 0.5) is 0 Å². The van der Waals surface area contributed by atoms with E-state index < -0.39 is 5.25 Å². The lowest BCUT2D eigenvalue weighted by atomic mass is 10.1. The van der Waals surface area contributed by atoms with Gasteiger partial charge in [0.1, 0.15) is 11.0 Å². The van der Waals surface area contributed by atoms with E-state index >= 15 is 0 Å². The molecule has 21 heavy (non-hydrogen) atoms. The van der Waals surface area contributed by atoms with Gasteiger partial charge in [-0.25, -0.2) is 0 Å². The lowest BCUT2D eigenvalue weighted by molar-refractivity contribution is -0.142. The molecule has 0 saturated heterocycles. The highest BCUT2D eigenvalue weighted by Crippen LogP contribution is 2.37. The highest BCUT2D eigenvalue weighted by molar-refractivity contribution is 8.00. The van der Waals surface area contributed by atoms with Gasteiger partial charge < -0.3 is 9.47 Å². The fraction of sp³-hybridized carbons (Fsp3) is 0.235. The number of hydrogen-bond acceptors (Lipinski definition) is 4. The normalized spacial score (nSPS) is 11.7. The summed E-state index contributed by atoms with van der Waals surface area (Å²) in [7, 11) is 1.61. The Morgan fingerprint density at radius 2 is 1.90 bits per heavy atom. The monoisotopic (exact) mass is 302 g/mol. The summed E-state index contributed by atoms with van der Waals surface area (Å²) in [5, 5.41) is -0.401. The Morgan fingerprint density at radius 3 is 2.57 bits per heavy atom. The first-order valence-electron chi connectivity index (χ1n) is 6.77. The number of hydrogen-bond donors (Lipinski definition) is 0. The van der Waals surface area contributed by atoms with Crippen LogP contribution >= 0.6 is 11.8 Å². The SMILES string of the molecule is CCOC(=O)C(Sc1ccccc1)c1cccc(OC)c1. The van der Waals surface area contributed by atoms with Crippen molar-refractivity contribution >= 4 is 17.7 Å². The molecule has 0 amide bonds. The number of benzene rings is 2. The summed E-state index contributed by atoms with van der Waals surface area (Å²) in [5.41, 5.74) is 0.877. The average Bonchev–Trinajstić information content (AvgIpc) is 2.54. The van der Waals surface area contributed by atoms with E-state index in [1.165, 1.54) is 11.8 Å². The number of thioether (sulfide) groups is 1. The molecule has 0 radical (unpaired) electrons. The van der Waals surface area contributed by atoms with Gasteiger partial charge in [-0.1, -0.05) is 30.3 Å². The molecule has 2 aromatic rings. The van der Waals surface area contributed by atoms with E-state index in [4.69, 9.17) is 9.47 Å². The third-order valence-electron chi connectivity index (χ3n) is 2.89. The molecule has 110 valence electrons. The molecule has 0 saturated carbocycles. The van der Waals surface area contributed by atoms with Gasteiger partial charge in [0.15, 0.2) is 0 Å². The summed E-state index contributed by atoms with van der Waals surface area (Å²) in [6.07, 6.45) is 0. The lowest BCUT2D eigenvalue weighted by Crippen LogP contribution is -2.13. The molecule has 0 spiro atoms. The third kappa shape index (κ3) is 4.26. The van der Waals surface area contributed by atoms with Crippen LogP contribution in [0.3, 0.4) is 0 Å². The Morgan fingerprint density at radius 1 is 1.14 bits per heavy atom. The standard InChI is InChI=1S/C17H18O3S/c1-3-20-17(18)16(21-15-10-5-4-6-11-15)13-8-7-9-14(12-13)19-2/h4-12,16H,3H2,1-2H3. The first-order chi connectivity index (χ1) is 10.2. The van der Waals surface area contributed by atoms with E-state index in [0.29, 0.717) is 6.61 Å². The number of carbonyl (C=O) groups is 1. The number of ether oxygens (including phenoxy) is 2. The molecule has 1 atom stereocenters. The summed E-state index contributed by atoms with van der Waals surface area (Å²) in [5.74, 6) is 0.495. The maximum absolute atomic E-state index is 12.3. The average molecular weight is 302 g/mol. The second kappa shape index (κ2) is 7.74. The first-order valence-corrected chi connectivity index (χ1v) is 7.65. The highest BCUT2D eigenvalue weighted by atomic mass is 32.2. The van der Waals surface area contributed by atoms with Crippen LogP contribution in [0, 0.1) is 0 Å². The van der Waals surface area contributed by atoms with E-state index in [-0.39, 0.29) is 5.97 Å².